The molecular formula is C18H18N4O2. The molecule has 4 rings (SSSR count). The van der Waals surface area contributed by atoms with Crippen molar-refractivity contribution in [3.8, 4) is 28.7 Å². The molecule has 3 heterocycles. The topological polar surface area (TPSA) is 62.1 Å². The number of rotatable bonds is 3. The standard InChI is InChI=1S/C18H18N4O2/c1-11(2)17-19-5-4-13(21-17)18-20-6-7-22(18)14-9-16-15(8-12(14)3)23-10-24-16/h4-9,11H,10H2,1-3H3. The molecule has 0 N–H and O–H groups in total. The second-order valence-electron chi connectivity index (χ2n) is 6.07. The smallest absolute Gasteiger partial charge is 0.231 e. The third kappa shape index (κ3) is 2.40. The SMILES string of the molecule is Cc1cc2c(cc1-n1ccnc1-c1ccnc(C(C)C)n1)OCO2. The molecule has 0 fully saturated rings. The van der Waals surface area contributed by atoms with Crippen molar-refractivity contribution in [2.24, 2.45) is 0 Å². The van der Waals surface area contributed by atoms with Crippen LogP contribution in [0.2, 0.25) is 0 Å². The van der Waals surface area contributed by atoms with Crippen LogP contribution in [0, 0.1) is 6.92 Å². The highest BCUT2D eigenvalue weighted by Crippen LogP contribution is 2.36. The molecule has 0 spiro atoms. The Bertz CT molecular complexity index is 902. The normalized spacial score (nSPS) is 12.8. The summed E-state index contributed by atoms with van der Waals surface area (Å²) in [6, 6.07) is 5.85. The van der Waals surface area contributed by atoms with Crippen LogP contribution in [0.1, 0.15) is 31.2 Å². The van der Waals surface area contributed by atoms with Crippen LogP contribution >= 0.6 is 0 Å². The van der Waals surface area contributed by atoms with Crippen molar-refractivity contribution in [2.75, 3.05) is 6.79 Å². The molecule has 1 aromatic carbocycles. The number of hydrogen-bond donors (Lipinski definition) is 0. The summed E-state index contributed by atoms with van der Waals surface area (Å²) in [4.78, 5) is 13.5. The average molecular weight is 322 g/mol. The van der Waals surface area contributed by atoms with Gasteiger partial charge in [0.2, 0.25) is 6.79 Å². The monoisotopic (exact) mass is 322 g/mol. The lowest BCUT2D eigenvalue weighted by Gasteiger charge is -2.12. The van der Waals surface area contributed by atoms with E-state index in [1.807, 2.05) is 35.9 Å². The molecule has 0 radical (unpaired) electrons. The zero-order valence-electron chi connectivity index (χ0n) is 13.9. The van der Waals surface area contributed by atoms with Gasteiger partial charge in [-0.3, -0.25) is 4.57 Å². The van der Waals surface area contributed by atoms with Gasteiger partial charge in [-0.15, -0.1) is 0 Å². The van der Waals surface area contributed by atoms with Crippen molar-refractivity contribution in [2.45, 2.75) is 26.7 Å². The molecule has 0 bridgehead atoms. The Morgan fingerprint density at radius 2 is 1.88 bits per heavy atom. The van der Waals surface area contributed by atoms with Crippen LogP contribution in [0.5, 0.6) is 11.5 Å². The Hall–Kier alpha value is -2.89. The summed E-state index contributed by atoms with van der Waals surface area (Å²) < 4.78 is 13.0. The first-order chi connectivity index (χ1) is 11.6. The van der Waals surface area contributed by atoms with E-state index in [9.17, 15) is 0 Å². The van der Waals surface area contributed by atoms with Crippen LogP contribution in [-0.4, -0.2) is 26.3 Å². The molecule has 122 valence electrons. The van der Waals surface area contributed by atoms with Gasteiger partial charge in [0, 0.05) is 30.6 Å². The van der Waals surface area contributed by atoms with Gasteiger partial charge in [0.1, 0.15) is 11.5 Å². The fraction of sp³-hybridized carbons (Fsp3) is 0.278. The molecule has 6 nitrogen and oxygen atoms in total. The summed E-state index contributed by atoms with van der Waals surface area (Å²) in [5.41, 5.74) is 2.88. The predicted octanol–water partition coefficient (Wildman–Crippen LogP) is 3.49. The highest BCUT2D eigenvalue weighted by atomic mass is 16.7. The number of hydrogen-bond acceptors (Lipinski definition) is 5. The van der Waals surface area contributed by atoms with Gasteiger partial charge in [-0.2, -0.15) is 0 Å². The predicted molar refractivity (Wildman–Crippen MR) is 89.5 cm³/mol. The summed E-state index contributed by atoms with van der Waals surface area (Å²) in [6.45, 7) is 6.46. The summed E-state index contributed by atoms with van der Waals surface area (Å²) in [5.74, 6) is 3.38. The first-order valence-corrected chi connectivity index (χ1v) is 7.91. The molecule has 0 amide bonds. The number of aromatic nitrogens is 4. The maximum absolute atomic E-state index is 5.51. The minimum atomic E-state index is 0.263. The van der Waals surface area contributed by atoms with E-state index in [-0.39, 0.29) is 12.7 Å². The lowest BCUT2D eigenvalue weighted by atomic mass is 10.1. The van der Waals surface area contributed by atoms with Crippen LogP contribution in [0.15, 0.2) is 36.8 Å². The number of benzene rings is 1. The van der Waals surface area contributed by atoms with Gasteiger partial charge >= 0.3 is 0 Å². The molecule has 0 saturated heterocycles. The second-order valence-corrected chi connectivity index (χ2v) is 6.07. The molecule has 6 heteroatoms. The lowest BCUT2D eigenvalue weighted by molar-refractivity contribution is 0.174. The molecule has 3 aromatic rings. The molecule has 24 heavy (non-hydrogen) atoms. The maximum atomic E-state index is 5.51. The average Bonchev–Trinajstić information content (AvgIpc) is 3.22. The van der Waals surface area contributed by atoms with E-state index in [1.54, 1.807) is 12.4 Å². The number of aryl methyl sites for hydroxylation is 1. The zero-order chi connectivity index (χ0) is 16.7. The number of fused-ring (bicyclic) bond motifs is 1. The Morgan fingerprint density at radius 1 is 1.08 bits per heavy atom. The van der Waals surface area contributed by atoms with Crippen LogP contribution in [0.25, 0.3) is 17.2 Å². The molecular weight excluding hydrogens is 304 g/mol. The Morgan fingerprint density at radius 3 is 2.67 bits per heavy atom. The molecule has 2 aromatic heterocycles. The van der Waals surface area contributed by atoms with Crippen molar-refractivity contribution in [3.05, 3.63) is 48.2 Å². The summed E-state index contributed by atoms with van der Waals surface area (Å²) in [7, 11) is 0. The van der Waals surface area contributed by atoms with Crippen LogP contribution in [-0.2, 0) is 0 Å². The molecule has 0 aliphatic carbocycles. The van der Waals surface area contributed by atoms with E-state index in [2.05, 4.69) is 28.8 Å². The van der Waals surface area contributed by atoms with Crippen molar-refractivity contribution >= 4 is 0 Å². The highest BCUT2D eigenvalue weighted by Gasteiger charge is 2.19. The first-order valence-electron chi connectivity index (χ1n) is 7.91. The number of ether oxygens (including phenoxy) is 2. The fourth-order valence-electron chi connectivity index (χ4n) is 2.76. The van der Waals surface area contributed by atoms with Gasteiger partial charge in [-0.1, -0.05) is 13.8 Å². The third-order valence-corrected chi connectivity index (χ3v) is 4.01. The summed E-state index contributed by atoms with van der Waals surface area (Å²) in [6.07, 6.45) is 5.48. The maximum Gasteiger partial charge on any atom is 0.231 e. The third-order valence-electron chi connectivity index (χ3n) is 4.01. The van der Waals surface area contributed by atoms with Crippen molar-refractivity contribution in [3.63, 3.8) is 0 Å². The van der Waals surface area contributed by atoms with Crippen LogP contribution < -0.4 is 9.47 Å². The van der Waals surface area contributed by atoms with Crippen molar-refractivity contribution in [1.29, 1.82) is 0 Å². The van der Waals surface area contributed by atoms with E-state index in [1.165, 1.54) is 0 Å². The van der Waals surface area contributed by atoms with E-state index < -0.39 is 0 Å². The molecule has 0 atom stereocenters. The van der Waals surface area contributed by atoms with Gasteiger partial charge in [-0.05, 0) is 24.6 Å². The van der Waals surface area contributed by atoms with Crippen molar-refractivity contribution in [1.82, 2.24) is 19.5 Å². The molecule has 1 aliphatic heterocycles. The fourth-order valence-corrected chi connectivity index (χ4v) is 2.76. The van der Waals surface area contributed by atoms with Crippen LogP contribution in [0.4, 0.5) is 0 Å². The largest absolute Gasteiger partial charge is 0.454 e. The van der Waals surface area contributed by atoms with Gasteiger partial charge in [0.25, 0.3) is 0 Å². The minimum absolute atomic E-state index is 0.263. The molecule has 0 unspecified atom stereocenters. The molecule has 0 saturated carbocycles. The van der Waals surface area contributed by atoms with Crippen LogP contribution in [0.3, 0.4) is 0 Å². The Balaban J connectivity index is 1.83. The number of nitrogens with zero attached hydrogens (tertiary/aromatic N) is 4. The van der Waals surface area contributed by atoms with Gasteiger partial charge < -0.3 is 9.47 Å². The lowest BCUT2D eigenvalue weighted by Crippen LogP contribution is -2.03. The van der Waals surface area contributed by atoms with E-state index in [0.717, 1.165) is 40.1 Å². The van der Waals surface area contributed by atoms with Gasteiger partial charge in [0.15, 0.2) is 17.3 Å². The second kappa shape index (κ2) is 5.63. The zero-order valence-corrected chi connectivity index (χ0v) is 13.9. The first kappa shape index (κ1) is 14.7. The van der Waals surface area contributed by atoms with Gasteiger partial charge in [0.05, 0.1) is 5.69 Å². The highest BCUT2D eigenvalue weighted by molar-refractivity contribution is 5.60. The summed E-state index contributed by atoms with van der Waals surface area (Å²) in [5, 5.41) is 0. The van der Waals surface area contributed by atoms with E-state index >= 15 is 0 Å². The number of imidazole rings is 1. The Kier molecular flexibility index (Phi) is 3.45. The van der Waals surface area contributed by atoms with Crippen molar-refractivity contribution < 1.29 is 9.47 Å². The summed E-state index contributed by atoms with van der Waals surface area (Å²) >= 11 is 0. The quantitative estimate of drug-likeness (QED) is 0.738. The Labute approximate surface area is 140 Å². The minimum Gasteiger partial charge on any atom is -0.454 e. The van der Waals surface area contributed by atoms with E-state index in [4.69, 9.17) is 9.47 Å². The van der Waals surface area contributed by atoms with Gasteiger partial charge in [-0.25, -0.2) is 15.0 Å². The molecule has 1 aliphatic rings. The van der Waals surface area contributed by atoms with E-state index in [0.29, 0.717) is 0 Å².